The molecule has 0 unspecified atom stereocenters. The normalized spacial score (nSPS) is 11.8. The zero-order chi connectivity index (χ0) is 19.2. The summed E-state index contributed by atoms with van der Waals surface area (Å²) in [7, 11) is -4.46. The molecule has 138 valence electrons. The number of fused-ring (bicyclic) bond motifs is 1. The van der Waals surface area contributed by atoms with Gasteiger partial charge in [0.25, 0.3) is 10.1 Å². The second-order valence-electron chi connectivity index (χ2n) is 5.90. The van der Waals surface area contributed by atoms with Crippen LogP contribution in [0.5, 0.6) is 0 Å². The van der Waals surface area contributed by atoms with Crippen LogP contribution in [0.15, 0.2) is 58.8 Å². The average molecular weight is 420 g/mol. The zero-order valence-corrected chi connectivity index (χ0v) is 16.4. The lowest BCUT2D eigenvalue weighted by Gasteiger charge is -2.24. The van der Waals surface area contributed by atoms with Crippen molar-refractivity contribution < 1.29 is 13.0 Å². The summed E-state index contributed by atoms with van der Waals surface area (Å²) in [6.07, 6.45) is 0. The predicted molar refractivity (Wildman–Crippen MR) is 108 cm³/mol. The molecular weight excluding hydrogens is 406 g/mol. The molecule has 0 atom stereocenters. The van der Waals surface area contributed by atoms with Crippen LogP contribution < -0.4 is 4.90 Å². The lowest BCUT2D eigenvalue weighted by molar-refractivity contribution is 0.483. The summed E-state index contributed by atoms with van der Waals surface area (Å²) in [4.78, 5) is 9.18. The topological polar surface area (TPSA) is 86.3 Å². The minimum Gasteiger partial charge on any atom is -0.323 e. The van der Waals surface area contributed by atoms with Gasteiger partial charge < -0.3 is 4.98 Å². The van der Waals surface area contributed by atoms with Gasteiger partial charge in [0.2, 0.25) is 5.95 Å². The highest BCUT2D eigenvalue weighted by atomic mass is 35.5. The molecule has 0 aliphatic rings. The number of hydrogen-bond acceptors (Lipinski definition) is 5. The van der Waals surface area contributed by atoms with Crippen molar-refractivity contribution in [2.75, 3.05) is 4.90 Å². The monoisotopic (exact) mass is 419 g/mol. The number of halogens is 1. The number of nitrogens with zero attached hydrogens (tertiary/aromatic N) is 2. The van der Waals surface area contributed by atoms with Gasteiger partial charge in [-0.15, -0.1) is 11.3 Å². The Balaban J connectivity index is 2.04. The van der Waals surface area contributed by atoms with Crippen LogP contribution in [-0.4, -0.2) is 22.9 Å². The molecule has 2 aromatic heterocycles. The third-order valence-electron chi connectivity index (χ3n) is 4.10. The summed E-state index contributed by atoms with van der Waals surface area (Å²) >= 11 is 7.77. The van der Waals surface area contributed by atoms with E-state index in [1.165, 1.54) is 17.4 Å². The van der Waals surface area contributed by atoms with Crippen LogP contribution in [0.25, 0.3) is 11.0 Å². The molecule has 0 bridgehead atoms. The van der Waals surface area contributed by atoms with Gasteiger partial charge in [-0.2, -0.15) is 8.42 Å². The maximum absolute atomic E-state index is 12.0. The molecule has 0 radical (unpaired) electrons. The van der Waals surface area contributed by atoms with Crippen LogP contribution in [0.2, 0.25) is 4.34 Å². The van der Waals surface area contributed by atoms with Gasteiger partial charge in [0.05, 0.1) is 22.4 Å². The summed E-state index contributed by atoms with van der Waals surface area (Å²) in [6, 6.07) is 13.7. The predicted octanol–water partition coefficient (Wildman–Crippen LogP) is 5.30. The van der Waals surface area contributed by atoms with Crippen molar-refractivity contribution in [3.05, 3.63) is 63.8 Å². The van der Waals surface area contributed by atoms with Crippen molar-refractivity contribution in [1.29, 1.82) is 0 Å². The number of anilines is 3. The highest BCUT2D eigenvalue weighted by Crippen LogP contribution is 2.45. The Morgan fingerprint density at radius 2 is 1.85 bits per heavy atom. The van der Waals surface area contributed by atoms with E-state index in [2.05, 4.69) is 9.97 Å². The van der Waals surface area contributed by atoms with Crippen LogP contribution in [0.4, 0.5) is 17.3 Å². The van der Waals surface area contributed by atoms with Crippen molar-refractivity contribution in [3.63, 3.8) is 0 Å². The Morgan fingerprint density at radius 1 is 1.15 bits per heavy atom. The maximum Gasteiger partial charge on any atom is 0.296 e. The Hall–Kier alpha value is -2.39. The molecular formula is C18H14ClN3O3S2. The molecule has 0 amide bonds. The zero-order valence-electron chi connectivity index (χ0n) is 14.0. The highest BCUT2D eigenvalue weighted by Gasteiger charge is 2.27. The molecule has 9 heteroatoms. The van der Waals surface area contributed by atoms with Crippen LogP contribution >= 0.6 is 22.9 Å². The summed E-state index contributed by atoms with van der Waals surface area (Å²) in [6.45, 7) is 1.88. The van der Waals surface area contributed by atoms with Gasteiger partial charge >= 0.3 is 0 Å². The summed E-state index contributed by atoms with van der Waals surface area (Å²) in [5.41, 5.74) is 3.24. The first-order valence-corrected chi connectivity index (χ1v) is 10.6. The number of para-hydroxylation sites is 3. The molecule has 0 fully saturated rings. The molecule has 0 aliphatic carbocycles. The number of rotatable bonds is 4. The fourth-order valence-corrected chi connectivity index (χ4v) is 4.71. The van der Waals surface area contributed by atoms with E-state index in [-0.39, 0.29) is 10.6 Å². The summed E-state index contributed by atoms with van der Waals surface area (Å²) in [5, 5.41) is 1.88. The quantitative estimate of drug-likeness (QED) is 0.438. The molecule has 0 saturated heterocycles. The number of aromatic amines is 1. The van der Waals surface area contributed by atoms with Gasteiger partial charge in [0.1, 0.15) is 9.23 Å². The fourth-order valence-electron chi connectivity index (χ4n) is 2.92. The second-order valence-corrected chi connectivity index (χ2v) is 8.77. The van der Waals surface area contributed by atoms with Crippen molar-refractivity contribution in [2.45, 2.75) is 11.8 Å². The van der Waals surface area contributed by atoms with Crippen molar-refractivity contribution >= 4 is 61.4 Å². The van der Waals surface area contributed by atoms with Crippen LogP contribution in [-0.2, 0) is 10.1 Å². The largest absolute Gasteiger partial charge is 0.323 e. The second kappa shape index (κ2) is 6.65. The van der Waals surface area contributed by atoms with Crippen LogP contribution in [0, 0.1) is 6.92 Å². The van der Waals surface area contributed by atoms with Gasteiger partial charge in [-0.1, -0.05) is 35.9 Å². The molecule has 2 N–H and O–H groups in total. The Morgan fingerprint density at radius 3 is 2.52 bits per heavy atom. The third kappa shape index (κ3) is 3.21. The van der Waals surface area contributed by atoms with Gasteiger partial charge in [0, 0.05) is 0 Å². The Labute approximate surface area is 164 Å². The number of thiophene rings is 1. The average Bonchev–Trinajstić information content (AvgIpc) is 3.20. The lowest BCUT2D eigenvalue weighted by atomic mass is 10.2. The third-order valence-corrected chi connectivity index (χ3v) is 6.31. The number of imidazole rings is 1. The molecule has 4 rings (SSSR count). The minimum atomic E-state index is -4.46. The van der Waals surface area contributed by atoms with Crippen LogP contribution in [0.1, 0.15) is 5.56 Å². The molecule has 2 aromatic carbocycles. The first-order chi connectivity index (χ1) is 12.9. The number of aryl methyl sites for hydroxylation is 1. The number of nitrogens with one attached hydrogen (secondary N) is 1. The van der Waals surface area contributed by atoms with E-state index < -0.39 is 10.1 Å². The van der Waals surface area contributed by atoms with Gasteiger partial charge in [-0.3, -0.25) is 9.45 Å². The molecule has 27 heavy (non-hydrogen) atoms. The number of hydrogen-bond donors (Lipinski definition) is 2. The smallest absolute Gasteiger partial charge is 0.296 e. The lowest BCUT2D eigenvalue weighted by Crippen LogP contribution is -2.16. The number of H-pyrrole nitrogens is 1. The maximum atomic E-state index is 12.0. The Bertz CT molecular complexity index is 1200. The van der Waals surface area contributed by atoms with Crippen molar-refractivity contribution in [2.24, 2.45) is 0 Å². The summed E-state index contributed by atoms with van der Waals surface area (Å²) < 4.78 is 34.1. The van der Waals surface area contributed by atoms with E-state index in [9.17, 15) is 13.0 Å². The van der Waals surface area contributed by atoms with Crippen molar-refractivity contribution in [3.8, 4) is 0 Å². The first kappa shape index (κ1) is 18.0. The molecule has 2 heterocycles. The van der Waals surface area contributed by atoms with E-state index in [1.807, 2.05) is 36.6 Å². The fraction of sp³-hybridized carbons (Fsp3) is 0.0556. The molecule has 4 aromatic rings. The van der Waals surface area contributed by atoms with E-state index >= 15 is 0 Å². The SMILES string of the molecule is Cc1csc(Cl)c1N(c1nc2ccccc2[nH]1)c1ccccc1S(=O)(=O)O. The number of benzene rings is 2. The van der Waals surface area contributed by atoms with E-state index in [1.54, 1.807) is 23.1 Å². The Kier molecular flexibility index (Phi) is 4.43. The van der Waals surface area contributed by atoms with E-state index in [4.69, 9.17) is 11.6 Å². The van der Waals surface area contributed by atoms with E-state index in [0.29, 0.717) is 16.0 Å². The van der Waals surface area contributed by atoms with Crippen molar-refractivity contribution in [1.82, 2.24) is 9.97 Å². The molecule has 0 aliphatic heterocycles. The molecule has 0 saturated carbocycles. The summed E-state index contributed by atoms with van der Waals surface area (Å²) in [5.74, 6) is 0.399. The van der Waals surface area contributed by atoms with Gasteiger partial charge in [-0.05, 0) is 42.1 Å². The first-order valence-electron chi connectivity index (χ1n) is 7.91. The standard InChI is InChI=1S/C18H14ClN3O3S2/c1-11-10-26-17(19)16(11)22(14-8-4-5-9-15(14)27(23,24)25)18-20-12-6-2-3-7-13(12)21-18/h2-10H,1H3,(H,20,21)(H,23,24,25). The van der Waals surface area contributed by atoms with Gasteiger partial charge in [-0.25, -0.2) is 4.98 Å². The molecule has 6 nitrogen and oxygen atoms in total. The number of aromatic nitrogens is 2. The van der Waals surface area contributed by atoms with Gasteiger partial charge in [0.15, 0.2) is 0 Å². The highest BCUT2D eigenvalue weighted by molar-refractivity contribution is 7.86. The van der Waals surface area contributed by atoms with Crippen LogP contribution in [0.3, 0.4) is 0 Å². The minimum absolute atomic E-state index is 0.230. The van der Waals surface area contributed by atoms with E-state index in [0.717, 1.165) is 16.6 Å². The molecule has 0 spiro atoms.